The third-order valence-corrected chi connectivity index (χ3v) is 13.4. The largest absolute Gasteiger partial charge is 0.472 e. The lowest BCUT2D eigenvalue weighted by Gasteiger charge is -2.19. The molecule has 0 aliphatic rings. The number of carbonyl (C=O) groups excluding carboxylic acids is 2. The molecule has 0 fully saturated rings. The summed E-state index contributed by atoms with van der Waals surface area (Å²) >= 11 is 0. The van der Waals surface area contributed by atoms with Gasteiger partial charge in [-0.3, -0.25) is 18.6 Å². The van der Waals surface area contributed by atoms with Crippen molar-refractivity contribution < 1.29 is 37.6 Å². The third-order valence-electron chi connectivity index (χ3n) is 12.4. The van der Waals surface area contributed by atoms with E-state index in [9.17, 15) is 19.0 Å². The van der Waals surface area contributed by atoms with Gasteiger partial charge in [-0.1, -0.05) is 255 Å². The van der Waals surface area contributed by atoms with Gasteiger partial charge in [-0.25, -0.2) is 4.57 Å². The van der Waals surface area contributed by atoms with Gasteiger partial charge >= 0.3 is 19.8 Å². The van der Waals surface area contributed by atoms with E-state index in [-0.39, 0.29) is 32.6 Å². The smallest absolute Gasteiger partial charge is 0.462 e. The van der Waals surface area contributed by atoms with Gasteiger partial charge in [0.05, 0.1) is 13.2 Å². The van der Waals surface area contributed by atoms with Crippen LogP contribution >= 0.6 is 7.82 Å². The van der Waals surface area contributed by atoms with Gasteiger partial charge in [0.1, 0.15) is 6.61 Å². The van der Waals surface area contributed by atoms with Crippen LogP contribution in [-0.2, 0) is 32.7 Å². The zero-order valence-electron chi connectivity index (χ0n) is 49.8. The molecular formula is C69H112NO8P. The van der Waals surface area contributed by atoms with E-state index in [1.54, 1.807) is 0 Å². The zero-order valence-corrected chi connectivity index (χ0v) is 50.7. The van der Waals surface area contributed by atoms with Gasteiger partial charge in [-0.15, -0.1) is 0 Å². The minimum atomic E-state index is -4.41. The standard InChI is InChI=1S/C69H112NO8P/c1-3-5-7-9-11-13-15-17-19-21-23-25-27-28-29-30-31-32-33-34-35-36-37-38-40-42-44-46-48-50-52-54-56-58-60-62-69(72)78-67(66-77-79(73,74)76-64-63-70)65-75-68(71)61-59-57-55-53-51-49-47-45-43-41-39-26-24-22-20-18-16-14-12-10-8-6-4-2/h5-8,11-14,17-20,23-26,28-29,31-32,34-35,41,43,47,49,67H,3-4,9-10,15-16,21-22,27,30,33,36-40,42,44-46,48,50-66,70H2,1-2H3,(H,73,74)/b7-5-,8-6-,13-11-,14-12-,19-17-,20-18-,25-23-,26-24-,29-28-,32-31-,35-34-,43-41-,49-47-. The van der Waals surface area contributed by atoms with Crippen molar-refractivity contribution in [1.29, 1.82) is 0 Å². The van der Waals surface area contributed by atoms with Crippen LogP contribution in [0.5, 0.6) is 0 Å². The van der Waals surface area contributed by atoms with Crippen molar-refractivity contribution in [3.63, 3.8) is 0 Å². The molecule has 79 heavy (non-hydrogen) atoms. The Bertz CT molecular complexity index is 1850. The predicted molar refractivity (Wildman–Crippen MR) is 339 cm³/mol. The minimum absolute atomic E-state index is 0.0414. The summed E-state index contributed by atoms with van der Waals surface area (Å²) < 4.78 is 33.1. The predicted octanol–water partition coefficient (Wildman–Crippen LogP) is 20.1. The Morgan fingerprint density at radius 3 is 0.975 bits per heavy atom. The Kier molecular flexibility index (Phi) is 59.3. The van der Waals surface area contributed by atoms with E-state index in [0.717, 1.165) is 128 Å². The van der Waals surface area contributed by atoms with E-state index in [2.05, 4.69) is 172 Å². The summed E-state index contributed by atoms with van der Waals surface area (Å²) in [4.78, 5) is 35.2. The lowest BCUT2D eigenvalue weighted by atomic mass is 10.0. The summed E-state index contributed by atoms with van der Waals surface area (Å²) in [5.74, 6) is -0.867. The molecule has 0 amide bonds. The molecule has 0 bridgehead atoms. The molecule has 0 aromatic carbocycles. The van der Waals surface area contributed by atoms with Crippen LogP contribution in [0.15, 0.2) is 158 Å². The van der Waals surface area contributed by atoms with Crippen molar-refractivity contribution >= 4 is 19.8 Å². The summed E-state index contributed by atoms with van der Waals surface area (Å²) in [5, 5.41) is 0. The molecule has 2 atom stereocenters. The first kappa shape index (κ1) is 74.6. The number of ether oxygens (including phenoxy) is 2. The number of nitrogens with two attached hydrogens (primary N) is 1. The average molecular weight is 1110 g/mol. The number of hydrogen-bond acceptors (Lipinski definition) is 8. The highest BCUT2D eigenvalue weighted by Gasteiger charge is 2.26. The van der Waals surface area contributed by atoms with Crippen LogP contribution in [-0.4, -0.2) is 49.3 Å². The zero-order chi connectivity index (χ0) is 57.3. The first-order valence-electron chi connectivity index (χ1n) is 31.0. The van der Waals surface area contributed by atoms with Crippen molar-refractivity contribution in [1.82, 2.24) is 0 Å². The first-order chi connectivity index (χ1) is 38.8. The molecule has 0 aromatic heterocycles. The molecule has 0 aromatic rings. The molecule has 0 saturated carbocycles. The molecule has 2 unspecified atom stereocenters. The van der Waals surface area contributed by atoms with Crippen LogP contribution in [0, 0.1) is 0 Å². The normalized spacial score (nSPS) is 14.1. The number of hydrogen-bond donors (Lipinski definition) is 2. The lowest BCUT2D eigenvalue weighted by Crippen LogP contribution is -2.29. The number of carbonyl (C=O) groups is 2. The topological polar surface area (TPSA) is 134 Å². The summed E-state index contributed by atoms with van der Waals surface area (Å²) in [6.45, 7) is 3.47. The lowest BCUT2D eigenvalue weighted by molar-refractivity contribution is -0.161. The van der Waals surface area contributed by atoms with Crippen LogP contribution in [0.1, 0.15) is 232 Å². The van der Waals surface area contributed by atoms with E-state index >= 15 is 0 Å². The molecular weight excluding hydrogens is 1000 g/mol. The molecule has 0 saturated heterocycles. The highest BCUT2D eigenvalue weighted by Crippen LogP contribution is 2.43. The highest BCUT2D eigenvalue weighted by atomic mass is 31.2. The van der Waals surface area contributed by atoms with Gasteiger partial charge in [0.2, 0.25) is 0 Å². The first-order valence-corrected chi connectivity index (χ1v) is 32.5. The summed E-state index contributed by atoms with van der Waals surface area (Å²) in [7, 11) is -4.41. The fraction of sp³-hybridized carbons (Fsp3) is 0.594. The monoisotopic (exact) mass is 1110 g/mol. The van der Waals surface area contributed by atoms with Crippen molar-refractivity contribution in [3.8, 4) is 0 Å². The van der Waals surface area contributed by atoms with Crippen molar-refractivity contribution in [3.05, 3.63) is 158 Å². The van der Waals surface area contributed by atoms with E-state index < -0.39 is 32.5 Å². The van der Waals surface area contributed by atoms with Crippen LogP contribution < -0.4 is 5.73 Å². The number of rotatable bonds is 56. The van der Waals surface area contributed by atoms with Crippen molar-refractivity contribution in [2.75, 3.05) is 26.4 Å². The summed E-state index contributed by atoms with van der Waals surface area (Å²) in [6, 6.07) is 0. The molecule has 0 aliphatic heterocycles. The second-order valence-corrected chi connectivity index (χ2v) is 21.3. The Morgan fingerprint density at radius 2 is 0.658 bits per heavy atom. The Labute approximate surface area is 483 Å². The quantitative estimate of drug-likeness (QED) is 0.0264. The van der Waals surface area contributed by atoms with Gasteiger partial charge < -0.3 is 20.1 Å². The van der Waals surface area contributed by atoms with Gasteiger partial charge in [0.25, 0.3) is 0 Å². The van der Waals surface area contributed by atoms with E-state index in [4.69, 9.17) is 24.3 Å². The van der Waals surface area contributed by atoms with Gasteiger partial charge in [-0.2, -0.15) is 0 Å². The number of esters is 2. The molecule has 10 heteroatoms. The van der Waals surface area contributed by atoms with E-state index in [1.807, 2.05) is 0 Å². The molecule has 0 rings (SSSR count). The summed E-state index contributed by atoms with van der Waals surface area (Å²) in [5.41, 5.74) is 5.39. The second-order valence-electron chi connectivity index (χ2n) is 19.8. The Hall–Kier alpha value is -4.37. The van der Waals surface area contributed by atoms with Gasteiger partial charge in [0.15, 0.2) is 6.10 Å². The van der Waals surface area contributed by atoms with Crippen molar-refractivity contribution in [2.24, 2.45) is 5.73 Å². The van der Waals surface area contributed by atoms with Gasteiger partial charge in [0, 0.05) is 19.4 Å². The minimum Gasteiger partial charge on any atom is -0.462 e. The Balaban J connectivity index is 4.02. The van der Waals surface area contributed by atoms with Gasteiger partial charge in [-0.05, 0) is 122 Å². The molecule has 0 aliphatic carbocycles. The van der Waals surface area contributed by atoms with E-state index in [0.29, 0.717) is 12.8 Å². The SMILES string of the molecule is CC/C=C\C/C=C\C/C=C\C/C=C\C/C=C\C/C=C\C/C=C\CCCCCCCCCCCCCCCC(=O)OC(COC(=O)CCCCCC/C=C\C/C=C\C/C=C\C/C=C\C/C=C\C/C=C\CC)COP(=O)(O)OCCN. The second kappa shape index (κ2) is 62.8. The maximum Gasteiger partial charge on any atom is 0.472 e. The summed E-state index contributed by atoms with van der Waals surface area (Å²) in [6.07, 6.45) is 91.6. The number of phosphoric acid groups is 1. The molecule has 446 valence electrons. The molecule has 0 radical (unpaired) electrons. The molecule has 9 nitrogen and oxygen atoms in total. The average Bonchev–Trinajstić information content (AvgIpc) is 3.44. The van der Waals surface area contributed by atoms with Crippen molar-refractivity contribution in [2.45, 2.75) is 238 Å². The number of unbranched alkanes of at least 4 members (excludes halogenated alkanes) is 17. The fourth-order valence-corrected chi connectivity index (χ4v) is 8.68. The van der Waals surface area contributed by atoms with Crippen LogP contribution in [0.2, 0.25) is 0 Å². The highest BCUT2D eigenvalue weighted by molar-refractivity contribution is 7.47. The maximum absolute atomic E-state index is 12.7. The molecule has 0 spiro atoms. The fourth-order valence-electron chi connectivity index (χ4n) is 7.91. The van der Waals surface area contributed by atoms with Crippen LogP contribution in [0.3, 0.4) is 0 Å². The number of allylic oxidation sites excluding steroid dienone is 26. The number of phosphoric ester groups is 1. The molecule has 0 heterocycles. The van der Waals surface area contributed by atoms with Crippen LogP contribution in [0.25, 0.3) is 0 Å². The third kappa shape index (κ3) is 62.7. The maximum atomic E-state index is 12.7. The molecule has 3 N–H and O–H groups in total. The Morgan fingerprint density at radius 1 is 0.380 bits per heavy atom. The van der Waals surface area contributed by atoms with Crippen LogP contribution in [0.4, 0.5) is 0 Å². The van der Waals surface area contributed by atoms with E-state index in [1.165, 1.54) is 64.2 Å².